The van der Waals surface area contributed by atoms with Crippen LogP contribution in [0.1, 0.15) is 140 Å². The first kappa shape index (κ1) is 38.9. The number of piperidine rings is 2. The largest absolute Gasteiger partial charge is 0.481 e. The third-order valence-corrected chi connectivity index (χ3v) is 9.91. The summed E-state index contributed by atoms with van der Waals surface area (Å²) in [5, 5.41) is 44.2. The van der Waals surface area contributed by atoms with Gasteiger partial charge >= 0.3 is 11.9 Å². The summed E-state index contributed by atoms with van der Waals surface area (Å²) in [5.74, 6) is -1.76. The van der Waals surface area contributed by atoms with Gasteiger partial charge in [0.05, 0.1) is 30.8 Å². The molecule has 2 heterocycles. The van der Waals surface area contributed by atoms with Gasteiger partial charge in [-0.1, -0.05) is 25.7 Å². The molecule has 2 saturated heterocycles. The molecule has 0 aromatic carbocycles. The summed E-state index contributed by atoms with van der Waals surface area (Å²) in [4.78, 5) is 37.2. The first-order valence-electron chi connectivity index (χ1n) is 16.8. The maximum Gasteiger partial charge on any atom is 0.310 e. The number of aliphatic carboxylic acids is 2. The summed E-state index contributed by atoms with van der Waals surface area (Å²) >= 11 is 0. The predicted molar refractivity (Wildman–Crippen MR) is 171 cm³/mol. The van der Waals surface area contributed by atoms with Gasteiger partial charge in [-0.3, -0.25) is 19.3 Å². The molecule has 2 aliphatic rings. The van der Waals surface area contributed by atoms with E-state index in [2.05, 4.69) is 55.4 Å². The fourth-order valence-electron chi connectivity index (χ4n) is 8.74. The highest BCUT2D eigenvalue weighted by atomic mass is 16.7. The molecule has 2 unspecified atom stereocenters. The number of aliphatic hydroxyl groups excluding tert-OH is 2. The number of hydrogen-bond acceptors (Lipinski definition) is 8. The Morgan fingerprint density at radius 1 is 0.682 bits per heavy atom. The number of hydrogen-bond donors (Lipinski definition) is 4. The van der Waals surface area contributed by atoms with E-state index in [4.69, 9.17) is 14.8 Å². The Morgan fingerprint density at radius 2 is 1.02 bits per heavy atom. The van der Waals surface area contributed by atoms with Crippen molar-refractivity contribution in [1.29, 1.82) is 0 Å². The third-order valence-electron chi connectivity index (χ3n) is 9.91. The summed E-state index contributed by atoms with van der Waals surface area (Å²) in [6.07, 6.45) is 6.02. The molecule has 0 spiro atoms. The first-order valence-corrected chi connectivity index (χ1v) is 16.8. The zero-order chi connectivity index (χ0) is 33.7. The second-order valence-electron chi connectivity index (χ2n) is 16.3. The maximum atomic E-state index is 13.9. The summed E-state index contributed by atoms with van der Waals surface area (Å²) < 4.78 is 0. The second kappa shape index (κ2) is 15.1. The number of hydroxylamine groups is 4. The molecule has 2 aliphatic heterocycles. The smallest absolute Gasteiger partial charge is 0.310 e. The molecule has 258 valence electrons. The molecule has 0 aliphatic carbocycles. The number of aliphatic hydroxyl groups is 2. The average Bonchev–Trinajstić information content (AvgIpc) is 2.82. The van der Waals surface area contributed by atoms with Gasteiger partial charge in [0.15, 0.2) is 0 Å². The minimum atomic E-state index is -0.989. The zero-order valence-corrected chi connectivity index (χ0v) is 29.3. The van der Waals surface area contributed by atoms with Gasteiger partial charge in [-0.15, -0.1) is 0 Å². The van der Waals surface area contributed by atoms with Crippen LogP contribution in [0.5, 0.6) is 0 Å². The number of nitrogens with zero attached hydrogens (tertiary/aromatic N) is 2. The van der Waals surface area contributed by atoms with Crippen molar-refractivity contribution in [3.63, 3.8) is 0 Å². The topological polar surface area (TPSA) is 140 Å². The lowest BCUT2D eigenvalue weighted by Crippen LogP contribution is -2.67. The molecular weight excluding hydrogens is 564 g/mol. The zero-order valence-electron chi connectivity index (χ0n) is 29.3. The van der Waals surface area contributed by atoms with Crippen LogP contribution in [0.25, 0.3) is 0 Å². The molecular formula is C34H64N2O8. The predicted octanol–water partition coefficient (Wildman–Crippen LogP) is 6.04. The lowest BCUT2D eigenvalue weighted by molar-refractivity contribution is -0.312. The molecule has 0 amide bonds. The van der Waals surface area contributed by atoms with Crippen molar-refractivity contribution in [3.8, 4) is 0 Å². The molecule has 44 heavy (non-hydrogen) atoms. The number of carbonyl (C=O) groups is 2. The maximum absolute atomic E-state index is 13.9. The third kappa shape index (κ3) is 9.61. The minimum Gasteiger partial charge on any atom is -0.481 e. The van der Waals surface area contributed by atoms with Gasteiger partial charge in [0.2, 0.25) is 0 Å². The van der Waals surface area contributed by atoms with Gasteiger partial charge in [0, 0.05) is 28.6 Å². The molecule has 0 aromatic rings. The lowest BCUT2D eigenvalue weighted by atomic mass is 9.52. The van der Waals surface area contributed by atoms with Crippen LogP contribution < -0.4 is 0 Å². The SMILES string of the molecule is CC(O)CON1C(C)(C)CC(C(CCCCCCCC(=O)O)(C(=O)O)C2CC(C)(C)N(OCC(C)O)C(C)(C)C2)CC1(C)C. The van der Waals surface area contributed by atoms with Crippen molar-refractivity contribution in [3.05, 3.63) is 0 Å². The summed E-state index contributed by atoms with van der Waals surface area (Å²) in [7, 11) is 0. The Bertz CT molecular complexity index is 858. The Labute approximate surface area is 266 Å². The van der Waals surface area contributed by atoms with Gasteiger partial charge in [0.1, 0.15) is 0 Å². The minimum absolute atomic E-state index is 0.120. The molecule has 10 heteroatoms. The van der Waals surface area contributed by atoms with E-state index in [9.17, 15) is 24.9 Å². The molecule has 2 atom stereocenters. The van der Waals surface area contributed by atoms with E-state index in [1.807, 2.05) is 10.1 Å². The highest BCUT2D eigenvalue weighted by molar-refractivity contribution is 5.76. The van der Waals surface area contributed by atoms with Crippen LogP contribution in [0.4, 0.5) is 0 Å². The van der Waals surface area contributed by atoms with Gasteiger partial charge in [-0.25, -0.2) is 0 Å². The van der Waals surface area contributed by atoms with E-state index in [0.29, 0.717) is 38.5 Å². The van der Waals surface area contributed by atoms with Crippen LogP contribution in [0.2, 0.25) is 0 Å². The lowest BCUT2D eigenvalue weighted by Gasteiger charge is -2.61. The molecule has 2 rings (SSSR count). The van der Waals surface area contributed by atoms with Gasteiger partial charge < -0.3 is 20.4 Å². The van der Waals surface area contributed by atoms with Gasteiger partial charge in [-0.05, 0) is 120 Å². The quantitative estimate of drug-likeness (QED) is 0.141. The van der Waals surface area contributed by atoms with Crippen LogP contribution >= 0.6 is 0 Å². The standard InChI is InChI=1S/C34H64N2O8/c1-24(37)22-43-35-30(3,4)18-26(19-31(35,5)6)34(29(41)42,17-15-13-11-12-14-16-28(39)40)27-20-32(7,8)36(33(9,10)21-27)44-23-25(2)38/h24-27,37-38H,11-23H2,1-10H3,(H,39,40)(H,41,42). The summed E-state index contributed by atoms with van der Waals surface area (Å²) in [6, 6.07) is 0. The van der Waals surface area contributed by atoms with E-state index in [-0.39, 0.29) is 31.5 Å². The van der Waals surface area contributed by atoms with Crippen molar-refractivity contribution < 1.29 is 39.7 Å². The monoisotopic (exact) mass is 628 g/mol. The van der Waals surface area contributed by atoms with E-state index in [1.54, 1.807) is 13.8 Å². The number of carboxylic acid groups (broad SMARTS) is 2. The number of rotatable bonds is 17. The normalized spacial score (nSPS) is 25.3. The highest BCUT2D eigenvalue weighted by Crippen LogP contribution is 2.58. The Kier molecular flexibility index (Phi) is 13.3. The van der Waals surface area contributed by atoms with Gasteiger partial charge in [-0.2, -0.15) is 10.1 Å². The Hall–Kier alpha value is -1.30. The van der Waals surface area contributed by atoms with E-state index in [1.165, 1.54) is 0 Å². The Morgan fingerprint density at radius 3 is 1.34 bits per heavy atom. The molecule has 10 nitrogen and oxygen atoms in total. The highest BCUT2D eigenvalue weighted by Gasteiger charge is 2.61. The first-order chi connectivity index (χ1) is 20.1. The summed E-state index contributed by atoms with van der Waals surface area (Å²) in [5.41, 5.74) is -2.86. The molecule has 0 saturated carbocycles. The van der Waals surface area contributed by atoms with Crippen LogP contribution in [0.15, 0.2) is 0 Å². The number of unbranched alkanes of at least 4 members (excludes halogenated alkanes) is 4. The van der Waals surface area contributed by atoms with Crippen LogP contribution in [-0.4, -0.2) is 90.1 Å². The van der Waals surface area contributed by atoms with Crippen molar-refractivity contribution >= 4 is 11.9 Å². The molecule has 4 N–H and O–H groups in total. The molecule has 0 bridgehead atoms. The van der Waals surface area contributed by atoms with Crippen molar-refractivity contribution in [2.24, 2.45) is 17.3 Å². The Balaban J connectivity index is 2.49. The van der Waals surface area contributed by atoms with E-state index in [0.717, 1.165) is 25.7 Å². The van der Waals surface area contributed by atoms with Crippen molar-refractivity contribution in [2.45, 2.75) is 174 Å². The fraction of sp³-hybridized carbons (Fsp3) is 0.941. The van der Waals surface area contributed by atoms with Gasteiger partial charge in [0.25, 0.3) is 0 Å². The van der Waals surface area contributed by atoms with Crippen LogP contribution in [-0.2, 0) is 19.3 Å². The van der Waals surface area contributed by atoms with Crippen molar-refractivity contribution in [1.82, 2.24) is 10.1 Å². The number of carboxylic acids is 2. The average molecular weight is 629 g/mol. The van der Waals surface area contributed by atoms with Crippen LogP contribution in [0.3, 0.4) is 0 Å². The molecule has 0 aromatic heterocycles. The second-order valence-corrected chi connectivity index (χ2v) is 16.3. The van der Waals surface area contributed by atoms with E-state index >= 15 is 0 Å². The van der Waals surface area contributed by atoms with Crippen LogP contribution in [0, 0.1) is 17.3 Å². The molecule has 0 radical (unpaired) electrons. The van der Waals surface area contributed by atoms with E-state index < -0.39 is 51.7 Å². The fourth-order valence-corrected chi connectivity index (χ4v) is 8.74. The van der Waals surface area contributed by atoms with Crippen molar-refractivity contribution in [2.75, 3.05) is 13.2 Å². The molecule has 2 fully saturated rings. The summed E-state index contributed by atoms with van der Waals surface area (Å²) in [6.45, 7) is 20.6.